The molecule has 286 valence electrons. The molecule has 12 rings (SSSR count). The van der Waals surface area contributed by atoms with E-state index in [0.717, 1.165) is 11.4 Å². The lowest BCUT2D eigenvalue weighted by Crippen LogP contribution is -2.28. The summed E-state index contributed by atoms with van der Waals surface area (Å²) in [5, 5.41) is 2.57. The second kappa shape index (κ2) is 12.5. The van der Waals surface area contributed by atoms with Gasteiger partial charge in [-0.15, -0.1) is 0 Å². The zero-order chi connectivity index (χ0) is 40.4. The van der Waals surface area contributed by atoms with Gasteiger partial charge in [0.15, 0.2) is 0 Å². The Morgan fingerprint density at radius 1 is 0.350 bits per heavy atom. The first kappa shape index (κ1) is 35.0. The van der Waals surface area contributed by atoms with E-state index in [1.54, 1.807) is 0 Å². The van der Waals surface area contributed by atoms with Crippen LogP contribution in [0.1, 0.15) is 72.2 Å². The Morgan fingerprint density at radius 2 is 0.867 bits per heavy atom. The van der Waals surface area contributed by atoms with Gasteiger partial charge in [0.25, 0.3) is 0 Å². The number of hydrogen-bond acceptors (Lipinski definition) is 1. The van der Waals surface area contributed by atoms with Crippen molar-refractivity contribution in [2.24, 2.45) is 0 Å². The fraction of sp³-hybridized carbons (Fsp3) is 0.119. The van der Waals surface area contributed by atoms with Crippen LogP contribution in [0.15, 0.2) is 200 Å². The maximum Gasteiger partial charge on any atom is 0.0714 e. The van der Waals surface area contributed by atoms with Crippen molar-refractivity contribution in [3.05, 3.63) is 245 Å². The summed E-state index contributed by atoms with van der Waals surface area (Å²) in [7, 11) is 0. The molecular weight excluding hydrogens is 723 g/mol. The van der Waals surface area contributed by atoms with Crippen molar-refractivity contribution in [1.82, 2.24) is 0 Å². The van der Waals surface area contributed by atoms with E-state index in [0.29, 0.717) is 0 Å². The minimum atomic E-state index is -0.516. The molecule has 0 spiro atoms. The average molecular weight is 768 g/mol. The number of rotatable bonds is 5. The van der Waals surface area contributed by atoms with Gasteiger partial charge < -0.3 is 4.90 Å². The molecular formula is C59H45N. The lowest BCUT2D eigenvalue weighted by Gasteiger charge is -2.36. The highest BCUT2D eigenvalue weighted by Gasteiger charge is 2.46. The first-order valence-electron chi connectivity index (χ1n) is 21.4. The number of hydrogen-bond donors (Lipinski definition) is 0. The lowest BCUT2D eigenvalue weighted by molar-refractivity contribution is 0.660. The Morgan fingerprint density at radius 3 is 1.57 bits per heavy atom. The van der Waals surface area contributed by atoms with Crippen molar-refractivity contribution in [3.8, 4) is 33.4 Å². The summed E-state index contributed by atoms with van der Waals surface area (Å²) >= 11 is 0. The normalized spacial score (nSPS) is 15.4. The number of fused-ring (bicyclic) bond motifs is 11. The van der Waals surface area contributed by atoms with Crippen molar-refractivity contribution in [3.63, 3.8) is 0 Å². The second-order valence-electron chi connectivity index (χ2n) is 18.0. The molecule has 9 aromatic rings. The minimum absolute atomic E-state index is 0.149. The summed E-state index contributed by atoms with van der Waals surface area (Å²) < 4.78 is 0. The molecule has 3 aliphatic rings. The van der Waals surface area contributed by atoms with Gasteiger partial charge in [-0.2, -0.15) is 0 Å². The van der Waals surface area contributed by atoms with E-state index in [1.807, 2.05) is 0 Å². The van der Waals surface area contributed by atoms with Gasteiger partial charge in [-0.25, -0.2) is 0 Å². The van der Waals surface area contributed by atoms with Crippen LogP contribution in [0, 0.1) is 0 Å². The number of benzene rings is 9. The van der Waals surface area contributed by atoms with Crippen LogP contribution >= 0.6 is 0 Å². The predicted octanol–water partition coefficient (Wildman–Crippen LogP) is 15.3. The fourth-order valence-corrected chi connectivity index (χ4v) is 11.7. The summed E-state index contributed by atoms with van der Waals surface area (Å²) in [6.07, 6.45) is 0. The van der Waals surface area contributed by atoms with Crippen LogP contribution in [0.2, 0.25) is 0 Å². The van der Waals surface area contributed by atoms with Crippen molar-refractivity contribution in [1.29, 1.82) is 0 Å². The molecule has 0 radical (unpaired) electrons. The van der Waals surface area contributed by atoms with Crippen molar-refractivity contribution < 1.29 is 0 Å². The number of anilines is 3. The zero-order valence-electron chi connectivity index (χ0n) is 34.5. The van der Waals surface area contributed by atoms with Gasteiger partial charge >= 0.3 is 0 Å². The maximum absolute atomic E-state index is 2.58. The molecule has 0 N–H and O–H groups in total. The monoisotopic (exact) mass is 767 g/mol. The van der Waals surface area contributed by atoms with Gasteiger partial charge in [0.2, 0.25) is 0 Å². The SMILES string of the molecule is CC1(C)c2ccccc2-c2ccc(N(c3cccc(C4(c5ccccc5)c5ccccc5-c5ccccc54)c3)c3cc4ccccc4c4c3-c3ccccc3C4(C)C)cc21. The Balaban J connectivity index is 1.18. The third-order valence-corrected chi connectivity index (χ3v) is 14.3. The average Bonchev–Trinajstić information content (AvgIpc) is 3.82. The van der Waals surface area contributed by atoms with Crippen molar-refractivity contribution >= 4 is 27.8 Å². The third-order valence-electron chi connectivity index (χ3n) is 14.3. The standard InChI is InChI=1S/C59H45N/c1-57(2)49-29-14-10-25-44(49)47-34-33-42(37-53(47)57)60(54-35-38-19-8-9-24-43(38)56-55(54)48-28-13-15-30-50(48)58(56,3)4)41-23-18-22-40(36-41)59(39-20-6-5-7-21-39)51-31-16-11-26-45(51)46-27-12-17-32-52(46)59/h5-37H,1-4H3. The van der Waals surface area contributed by atoms with E-state index >= 15 is 0 Å². The molecule has 60 heavy (non-hydrogen) atoms. The van der Waals surface area contributed by atoms with Crippen LogP contribution in [0.4, 0.5) is 17.1 Å². The van der Waals surface area contributed by atoms with Gasteiger partial charge in [0.1, 0.15) is 0 Å². The van der Waals surface area contributed by atoms with Crippen LogP contribution in [0.3, 0.4) is 0 Å². The molecule has 0 saturated carbocycles. The van der Waals surface area contributed by atoms with Gasteiger partial charge in [-0.1, -0.05) is 198 Å². The van der Waals surface area contributed by atoms with Gasteiger partial charge in [-0.3, -0.25) is 0 Å². The van der Waals surface area contributed by atoms with Gasteiger partial charge in [0.05, 0.1) is 11.1 Å². The van der Waals surface area contributed by atoms with E-state index in [1.165, 1.54) is 94.3 Å². The molecule has 0 amide bonds. The topological polar surface area (TPSA) is 3.24 Å². The summed E-state index contributed by atoms with van der Waals surface area (Å²) in [4.78, 5) is 2.58. The lowest BCUT2D eigenvalue weighted by atomic mass is 9.67. The first-order chi connectivity index (χ1) is 29.3. The smallest absolute Gasteiger partial charge is 0.0714 e. The first-order valence-corrected chi connectivity index (χ1v) is 21.4. The molecule has 0 heterocycles. The second-order valence-corrected chi connectivity index (χ2v) is 18.0. The summed E-state index contributed by atoms with van der Waals surface area (Å²) in [6, 6.07) is 75.5. The highest BCUT2D eigenvalue weighted by molar-refractivity contribution is 6.06. The maximum atomic E-state index is 2.58. The molecule has 0 unspecified atom stereocenters. The quantitative estimate of drug-likeness (QED) is 0.169. The van der Waals surface area contributed by atoms with E-state index in [2.05, 4.69) is 233 Å². The molecule has 0 fully saturated rings. The minimum Gasteiger partial charge on any atom is -0.310 e. The summed E-state index contributed by atoms with van der Waals surface area (Å²) in [5.74, 6) is 0. The largest absolute Gasteiger partial charge is 0.310 e. The Hall–Kier alpha value is -6.96. The highest BCUT2D eigenvalue weighted by atomic mass is 15.1. The van der Waals surface area contributed by atoms with Crippen LogP contribution < -0.4 is 4.90 Å². The van der Waals surface area contributed by atoms with E-state index in [9.17, 15) is 0 Å². The van der Waals surface area contributed by atoms with Crippen molar-refractivity contribution in [2.75, 3.05) is 4.90 Å². The van der Waals surface area contributed by atoms with Crippen LogP contribution in [-0.4, -0.2) is 0 Å². The molecule has 0 aromatic heterocycles. The predicted molar refractivity (Wildman–Crippen MR) is 251 cm³/mol. The highest BCUT2D eigenvalue weighted by Crippen LogP contribution is 2.60. The van der Waals surface area contributed by atoms with Crippen LogP contribution in [0.25, 0.3) is 44.2 Å². The summed E-state index contributed by atoms with van der Waals surface area (Å²) in [5.41, 5.74) is 21.2. The number of nitrogens with zero attached hydrogens (tertiary/aromatic N) is 1. The summed E-state index contributed by atoms with van der Waals surface area (Å²) in [6.45, 7) is 9.59. The Labute approximate surface area is 353 Å². The van der Waals surface area contributed by atoms with Crippen molar-refractivity contribution in [2.45, 2.75) is 43.9 Å². The van der Waals surface area contributed by atoms with Gasteiger partial charge in [0, 0.05) is 27.8 Å². The zero-order valence-corrected chi connectivity index (χ0v) is 34.5. The van der Waals surface area contributed by atoms with E-state index in [4.69, 9.17) is 0 Å². The molecule has 0 saturated heterocycles. The third kappa shape index (κ3) is 4.58. The Kier molecular flexibility index (Phi) is 7.31. The fourth-order valence-electron chi connectivity index (χ4n) is 11.7. The molecule has 0 atom stereocenters. The van der Waals surface area contributed by atoms with E-state index < -0.39 is 5.41 Å². The molecule has 1 nitrogen and oxygen atoms in total. The van der Waals surface area contributed by atoms with Gasteiger partial charge in [-0.05, 0) is 113 Å². The molecule has 3 aliphatic carbocycles. The molecule has 0 aliphatic heterocycles. The molecule has 9 aromatic carbocycles. The van der Waals surface area contributed by atoms with Crippen LogP contribution in [-0.2, 0) is 16.2 Å². The molecule has 0 bridgehead atoms. The molecule has 1 heteroatoms. The Bertz CT molecular complexity index is 3170. The van der Waals surface area contributed by atoms with Crippen LogP contribution in [0.5, 0.6) is 0 Å². The van der Waals surface area contributed by atoms with E-state index in [-0.39, 0.29) is 10.8 Å².